The van der Waals surface area contributed by atoms with Crippen LogP contribution in [0.25, 0.3) is 0 Å². The summed E-state index contributed by atoms with van der Waals surface area (Å²) in [5, 5.41) is 0. The second-order valence-corrected chi connectivity index (χ2v) is 4.53. The van der Waals surface area contributed by atoms with Crippen molar-refractivity contribution in [3.05, 3.63) is 0 Å². The maximum Gasteiger partial charge on any atom is 0.221 e. The SMILES string of the molecule is CC(N)CC(C(N)=O)C(C)(C)C. The van der Waals surface area contributed by atoms with Crippen molar-refractivity contribution in [2.24, 2.45) is 22.8 Å². The lowest BCUT2D eigenvalue weighted by Crippen LogP contribution is -2.37. The van der Waals surface area contributed by atoms with Crippen LogP contribution in [0.4, 0.5) is 0 Å². The van der Waals surface area contributed by atoms with Gasteiger partial charge in [-0.2, -0.15) is 0 Å². The van der Waals surface area contributed by atoms with Gasteiger partial charge < -0.3 is 11.5 Å². The van der Waals surface area contributed by atoms with Crippen LogP contribution in [0.5, 0.6) is 0 Å². The number of amides is 1. The smallest absolute Gasteiger partial charge is 0.221 e. The van der Waals surface area contributed by atoms with Gasteiger partial charge in [-0.25, -0.2) is 0 Å². The van der Waals surface area contributed by atoms with E-state index in [-0.39, 0.29) is 23.3 Å². The molecule has 0 aliphatic rings. The van der Waals surface area contributed by atoms with Crippen molar-refractivity contribution in [3.8, 4) is 0 Å². The van der Waals surface area contributed by atoms with E-state index in [0.717, 1.165) is 0 Å². The summed E-state index contributed by atoms with van der Waals surface area (Å²) in [7, 11) is 0. The zero-order valence-electron chi connectivity index (χ0n) is 8.42. The molecule has 0 rings (SSSR count). The van der Waals surface area contributed by atoms with Gasteiger partial charge in [-0.05, 0) is 18.8 Å². The Kier molecular flexibility index (Phi) is 3.71. The van der Waals surface area contributed by atoms with Gasteiger partial charge >= 0.3 is 0 Å². The molecule has 72 valence electrons. The van der Waals surface area contributed by atoms with Crippen LogP contribution in [0.1, 0.15) is 34.1 Å². The van der Waals surface area contributed by atoms with E-state index in [1.54, 1.807) is 0 Å². The molecular formula is C9H20N2O. The fourth-order valence-corrected chi connectivity index (χ4v) is 1.27. The minimum absolute atomic E-state index is 0.0294. The van der Waals surface area contributed by atoms with Gasteiger partial charge in [0.25, 0.3) is 0 Å². The van der Waals surface area contributed by atoms with Crippen LogP contribution in [0.3, 0.4) is 0 Å². The minimum Gasteiger partial charge on any atom is -0.369 e. The number of rotatable bonds is 3. The molecule has 2 unspecified atom stereocenters. The molecule has 0 aromatic heterocycles. The Balaban J connectivity index is 4.35. The van der Waals surface area contributed by atoms with Gasteiger partial charge in [-0.3, -0.25) is 4.79 Å². The van der Waals surface area contributed by atoms with Gasteiger partial charge in [0.1, 0.15) is 0 Å². The number of carbonyl (C=O) groups excluding carboxylic acids is 1. The van der Waals surface area contributed by atoms with E-state index in [4.69, 9.17) is 11.5 Å². The summed E-state index contributed by atoms with van der Waals surface area (Å²) in [5.74, 6) is -0.378. The molecule has 12 heavy (non-hydrogen) atoms. The van der Waals surface area contributed by atoms with E-state index in [0.29, 0.717) is 6.42 Å². The van der Waals surface area contributed by atoms with E-state index in [9.17, 15) is 4.79 Å². The summed E-state index contributed by atoms with van der Waals surface area (Å²) in [5.41, 5.74) is 10.8. The molecule has 0 bridgehead atoms. The fourth-order valence-electron chi connectivity index (χ4n) is 1.27. The standard InChI is InChI=1S/C9H20N2O/c1-6(10)5-7(8(11)12)9(2,3)4/h6-7H,5,10H2,1-4H3,(H2,11,12). The Morgan fingerprint density at radius 1 is 1.42 bits per heavy atom. The molecule has 4 N–H and O–H groups in total. The van der Waals surface area contributed by atoms with Crippen LogP contribution < -0.4 is 11.5 Å². The molecule has 0 aliphatic carbocycles. The molecule has 2 atom stereocenters. The Morgan fingerprint density at radius 3 is 1.92 bits per heavy atom. The highest BCUT2D eigenvalue weighted by molar-refractivity contribution is 5.77. The van der Waals surface area contributed by atoms with Crippen molar-refractivity contribution in [1.29, 1.82) is 0 Å². The van der Waals surface area contributed by atoms with Crippen LogP contribution in [-0.2, 0) is 4.79 Å². The molecule has 0 aromatic carbocycles. The number of hydrogen-bond donors (Lipinski definition) is 2. The molecule has 0 spiro atoms. The number of primary amides is 1. The van der Waals surface area contributed by atoms with Crippen molar-refractivity contribution < 1.29 is 4.79 Å². The Hall–Kier alpha value is -0.570. The molecule has 3 heteroatoms. The van der Waals surface area contributed by atoms with Gasteiger partial charge in [0.05, 0.1) is 0 Å². The molecule has 0 fully saturated rings. The molecule has 0 aromatic rings. The molecule has 0 radical (unpaired) electrons. The van der Waals surface area contributed by atoms with Crippen LogP contribution in [0.2, 0.25) is 0 Å². The third-order valence-electron chi connectivity index (χ3n) is 2.00. The van der Waals surface area contributed by atoms with Gasteiger partial charge in [-0.15, -0.1) is 0 Å². The lowest BCUT2D eigenvalue weighted by molar-refractivity contribution is -0.125. The maximum absolute atomic E-state index is 11.0. The normalized spacial score (nSPS) is 17.1. The summed E-state index contributed by atoms with van der Waals surface area (Å²) in [6.45, 7) is 7.90. The second-order valence-electron chi connectivity index (χ2n) is 4.53. The molecule has 0 aliphatic heterocycles. The molecule has 1 amide bonds. The van der Waals surface area contributed by atoms with Crippen molar-refractivity contribution >= 4 is 5.91 Å². The van der Waals surface area contributed by atoms with Crippen molar-refractivity contribution in [1.82, 2.24) is 0 Å². The molecule has 0 saturated heterocycles. The number of nitrogens with two attached hydrogens (primary N) is 2. The Morgan fingerprint density at radius 2 is 1.83 bits per heavy atom. The first-order valence-electron chi connectivity index (χ1n) is 4.30. The summed E-state index contributed by atoms with van der Waals surface area (Å²) >= 11 is 0. The van der Waals surface area contributed by atoms with E-state index >= 15 is 0 Å². The van der Waals surface area contributed by atoms with Crippen LogP contribution in [0, 0.1) is 11.3 Å². The average Bonchev–Trinajstić information content (AvgIpc) is 1.79. The predicted octanol–water partition coefficient (Wildman–Crippen LogP) is 0.871. The van der Waals surface area contributed by atoms with Gasteiger partial charge in [0.15, 0.2) is 0 Å². The molecular weight excluding hydrogens is 152 g/mol. The molecule has 0 saturated carbocycles. The summed E-state index contributed by atoms with van der Waals surface area (Å²) in [4.78, 5) is 11.0. The van der Waals surface area contributed by atoms with E-state index in [1.165, 1.54) is 0 Å². The summed E-state index contributed by atoms with van der Waals surface area (Å²) in [6.07, 6.45) is 0.666. The topological polar surface area (TPSA) is 69.1 Å². The summed E-state index contributed by atoms with van der Waals surface area (Å²) in [6, 6.07) is 0.0294. The van der Waals surface area contributed by atoms with Crippen molar-refractivity contribution in [3.63, 3.8) is 0 Å². The average molecular weight is 172 g/mol. The highest BCUT2D eigenvalue weighted by atomic mass is 16.1. The van der Waals surface area contributed by atoms with Crippen molar-refractivity contribution in [2.45, 2.75) is 40.2 Å². The quantitative estimate of drug-likeness (QED) is 0.663. The van der Waals surface area contributed by atoms with Gasteiger partial charge in [-0.1, -0.05) is 20.8 Å². The molecule has 0 heterocycles. The van der Waals surface area contributed by atoms with Crippen LogP contribution in [-0.4, -0.2) is 11.9 Å². The number of hydrogen-bond acceptors (Lipinski definition) is 2. The molecule has 3 nitrogen and oxygen atoms in total. The fraction of sp³-hybridized carbons (Fsp3) is 0.889. The van der Waals surface area contributed by atoms with Crippen LogP contribution >= 0.6 is 0 Å². The van der Waals surface area contributed by atoms with E-state index < -0.39 is 0 Å². The van der Waals surface area contributed by atoms with Gasteiger partial charge in [0.2, 0.25) is 5.91 Å². The monoisotopic (exact) mass is 172 g/mol. The lowest BCUT2D eigenvalue weighted by atomic mass is 9.77. The highest BCUT2D eigenvalue weighted by Crippen LogP contribution is 2.28. The number of carbonyl (C=O) groups is 1. The minimum atomic E-state index is -0.250. The predicted molar refractivity (Wildman–Crippen MR) is 50.4 cm³/mol. The first-order valence-corrected chi connectivity index (χ1v) is 4.30. The van der Waals surface area contributed by atoms with Crippen molar-refractivity contribution in [2.75, 3.05) is 0 Å². The second kappa shape index (κ2) is 3.90. The van der Waals surface area contributed by atoms with Gasteiger partial charge in [0, 0.05) is 12.0 Å². The van der Waals surface area contributed by atoms with E-state index in [1.807, 2.05) is 27.7 Å². The third-order valence-corrected chi connectivity index (χ3v) is 2.00. The third kappa shape index (κ3) is 3.72. The summed E-state index contributed by atoms with van der Waals surface area (Å²) < 4.78 is 0. The largest absolute Gasteiger partial charge is 0.369 e. The first kappa shape index (κ1) is 11.4. The Bertz CT molecular complexity index is 158. The van der Waals surface area contributed by atoms with Crippen LogP contribution in [0.15, 0.2) is 0 Å². The first-order chi connectivity index (χ1) is 5.25. The maximum atomic E-state index is 11.0. The zero-order valence-corrected chi connectivity index (χ0v) is 8.42. The zero-order chi connectivity index (χ0) is 9.94. The highest BCUT2D eigenvalue weighted by Gasteiger charge is 2.29. The van der Waals surface area contributed by atoms with E-state index in [2.05, 4.69) is 0 Å². The Labute approximate surface area is 74.5 Å². The lowest BCUT2D eigenvalue weighted by Gasteiger charge is -2.29.